The van der Waals surface area contributed by atoms with Crippen LogP contribution in [0.25, 0.3) is 0 Å². The number of aryl methyl sites for hydroxylation is 1. The molecular weight excluding hydrogens is 528 g/mol. The van der Waals surface area contributed by atoms with Crippen molar-refractivity contribution in [1.29, 1.82) is 0 Å². The van der Waals surface area contributed by atoms with Crippen molar-refractivity contribution in [3.63, 3.8) is 0 Å². The van der Waals surface area contributed by atoms with E-state index in [2.05, 4.69) is 45.0 Å². The predicted molar refractivity (Wildman–Crippen MR) is 156 cm³/mol. The zero-order chi connectivity index (χ0) is 28.9. The molecule has 3 atom stereocenters. The lowest BCUT2D eigenvalue weighted by Gasteiger charge is -2.43. The van der Waals surface area contributed by atoms with Gasteiger partial charge in [-0.2, -0.15) is 0 Å². The highest BCUT2D eigenvalue weighted by Gasteiger charge is 2.51. The van der Waals surface area contributed by atoms with Crippen molar-refractivity contribution in [3.8, 4) is 0 Å². The van der Waals surface area contributed by atoms with Gasteiger partial charge in [-0.25, -0.2) is 9.36 Å². The van der Waals surface area contributed by atoms with Gasteiger partial charge in [0.1, 0.15) is 12.8 Å². The van der Waals surface area contributed by atoms with Crippen LogP contribution in [0.3, 0.4) is 0 Å². The molecule has 0 bridgehead atoms. The van der Waals surface area contributed by atoms with Crippen molar-refractivity contribution < 1.29 is 23.7 Å². The van der Waals surface area contributed by atoms with Gasteiger partial charge in [-0.3, -0.25) is 9.36 Å². The van der Waals surface area contributed by atoms with E-state index in [-0.39, 0.29) is 11.1 Å². The number of aliphatic hydroxyl groups excluding tert-OH is 1. The van der Waals surface area contributed by atoms with Crippen molar-refractivity contribution in [2.24, 2.45) is 0 Å². The molecule has 9 nitrogen and oxygen atoms in total. The van der Waals surface area contributed by atoms with E-state index in [1.807, 2.05) is 36.4 Å². The minimum absolute atomic E-state index is 0.202. The number of nitrogens with zero attached hydrogens (tertiary/aromatic N) is 2. The topological polar surface area (TPSA) is 101 Å². The highest BCUT2D eigenvalue weighted by Crippen LogP contribution is 2.38. The van der Waals surface area contributed by atoms with E-state index in [1.54, 1.807) is 14.0 Å². The summed E-state index contributed by atoms with van der Waals surface area (Å²) in [5, 5.41) is 11.8. The predicted octanol–water partition coefficient (Wildman–Crippen LogP) is 2.16. The second kappa shape index (κ2) is 12.8. The first-order valence-electron chi connectivity index (χ1n) is 13.6. The zero-order valence-electron chi connectivity index (χ0n) is 23.9. The quantitative estimate of drug-likeness (QED) is 0.280. The summed E-state index contributed by atoms with van der Waals surface area (Å²) in [5.74, 6) is 0. The monoisotopic (exact) mass is 568 g/mol. The Hall–Kier alpha value is -2.86. The minimum Gasteiger partial charge on any atom is -0.405 e. The standard InChI is InChI=1S/C30H40N2O7Si/c1-22-19-31(29(35)32(21-33)27(22)34)28-26(37-17-16-36-5)18-23(39-28)20-38-40(30(2,3)4,24-12-8-6-9-13-24)25-14-10-7-11-15-25/h6-15,19,23,26,28,33H,16-18,20-21H2,1-5H3/t23-,26+,28+/m0/s1. The van der Waals surface area contributed by atoms with Crippen LogP contribution in [0.15, 0.2) is 76.4 Å². The first-order valence-corrected chi connectivity index (χ1v) is 15.5. The summed E-state index contributed by atoms with van der Waals surface area (Å²) >= 11 is 0. The summed E-state index contributed by atoms with van der Waals surface area (Å²) < 4.78 is 26.9. The summed E-state index contributed by atoms with van der Waals surface area (Å²) in [6, 6.07) is 20.7. The number of rotatable bonds is 11. The van der Waals surface area contributed by atoms with Crippen LogP contribution in [0.5, 0.6) is 0 Å². The SMILES string of the molecule is COCCO[C@@H]1C[C@@H](CO[Si](c2ccccc2)(c2ccccc2)C(C)(C)C)O[C@H]1n1cc(C)c(=O)n(CO)c1=O. The number of ether oxygens (including phenoxy) is 3. The van der Waals surface area contributed by atoms with E-state index < -0.39 is 38.6 Å². The molecule has 10 heteroatoms. The van der Waals surface area contributed by atoms with Crippen LogP contribution >= 0.6 is 0 Å². The Kier molecular flexibility index (Phi) is 9.60. The Morgan fingerprint density at radius 1 is 1.00 bits per heavy atom. The Labute approximate surface area is 236 Å². The van der Waals surface area contributed by atoms with E-state index in [9.17, 15) is 14.7 Å². The minimum atomic E-state index is -2.80. The highest BCUT2D eigenvalue weighted by atomic mass is 28.4. The van der Waals surface area contributed by atoms with Crippen molar-refractivity contribution in [2.45, 2.75) is 64.3 Å². The molecule has 0 aliphatic carbocycles. The van der Waals surface area contributed by atoms with Crippen molar-refractivity contribution in [1.82, 2.24) is 9.13 Å². The fourth-order valence-corrected chi connectivity index (χ4v) is 10.1. The van der Waals surface area contributed by atoms with Gasteiger partial charge in [-0.05, 0) is 22.3 Å². The number of hydrogen-bond acceptors (Lipinski definition) is 7. The molecule has 2 aromatic carbocycles. The maximum atomic E-state index is 13.1. The molecule has 0 saturated carbocycles. The van der Waals surface area contributed by atoms with E-state index in [1.165, 1.54) is 10.8 Å². The molecule has 3 aromatic rings. The van der Waals surface area contributed by atoms with Gasteiger partial charge in [0, 0.05) is 25.3 Å². The molecule has 0 spiro atoms. The summed E-state index contributed by atoms with van der Waals surface area (Å²) in [5.41, 5.74) is -0.873. The summed E-state index contributed by atoms with van der Waals surface area (Å²) in [4.78, 5) is 25.5. The largest absolute Gasteiger partial charge is 0.405 e. The Balaban J connectivity index is 1.69. The maximum absolute atomic E-state index is 13.1. The molecule has 1 aromatic heterocycles. The summed E-state index contributed by atoms with van der Waals surface area (Å²) in [7, 11) is -1.21. The van der Waals surface area contributed by atoms with E-state index in [4.69, 9.17) is 18.6 Å². The van der Waals surface area contributed by atoms with Crippen LogP contribution in [0.1, 0.15) is 39.0 Å². The zero-order valence-corrected chi connectivity index (χ0v) is 24.9. The number of aliphatic hydroxyl groups is 1. The third-order valence-electron chi connectivity index (χ3n) is 7.45. The molecule has 1 aliphatic heterocycles. The first kappa shape index (κ1) is 30.1. The van der Waals surface area contributed by atoms with E-state index in [0.29, 0.717) is 31.8 Å². The lowest BCUT2D eigenvalue weighted by molar-refractivity contribution is -0.0786. The van der Waals surface area contributed by atoms with Crippen molar-refractivity contribution in [2.75, 3.05) is 26.9 Å². The van der Waals surface area contributed by atoms with Gasteiger partial charge in [-0.1, -0.05) is 81.4 Å². The molecule has 1 saturated heterocycles. The molecule has 1 N–H and O–H groups in total. The molecule has 1 aliphatic rings. The number of methoxy groups -OCH3 is 1. The number of aromatic nitrogens is 2. The van der Waals surface area contributed by atoms with Gasteiger partial charge in [-0.15, -0.1) is 0 Å². The summed E-state index contributed by atoms with van der Waals surface area (Å²) in [6.45, 7) is 8.53. The second-order valence-electron chi connectivity index (χ2n) is 11.1. The third-order valence-corrected chi connectivity index (χ3v) is 12.5. The van der Waals surface area contributed by atoms with Gasteiger partial charge in [0.15, 0.2) is 6.23 Å². The van der Waals surface area contributed by atoms with E-state index in [0.717, 1.165) is 14.9 Å². The lowest BCUT2D eigenvalue weighted by atomic mass is 10.2. The van der Waals surface area contributed by atoms with Crippen molar-refractivity contribution in [3.05, 3.63) is 93.3 Å². The number of benzene rings is 2. The Morgan fingerprint density at radius 2 is 1.60 bits per heavy atom. The van der Waals surface area contributed by atoms with Gasteiger partial charge in [0.25, 0.3) is 13.9 Å². The highest BCUT2D eigenvalue weighted by molar-refractivity contribution is 6.99. The van der Waals surface area contributed by atoms with Gasteiger partial charge >= 0.3 is 5.69 Å². The molecule has 0 unspecified atom stereocenters. The fraction of sp³-hybridized carbons (Fsp3) is 0.467. The van der Waals surface area contributed by atoms with Crippen LogP contribution in [-0.2, 0) is 25.4 Å². The molecule has 0 amide bonds. The Bertz CT molecular complexity index is 1330. The average molecular weight is 569 g/mol. The van der Waals surface area contributed by atoms with Crippen LogP contribution in [0, 0.1) is 6.92 Å². The average Bonchev–Trinajstić information content (AvgIpc) is 3.34. The van der Waals surface area contributed by atoms with Gasteiger partial charge in [0.2, 0.25) is 0 Å². The second-order valence-corrected chi connectivity index (χ2v) is 15.4. The molecule has 40 heavy (non-hydrogen) atoms. The molecule has 0 radical (unpaired) electrons. The van der Waals surface area contributed by atoms with Crippen LogP contribution in [0.2, 0.25) is 5.04 Å². The van der Waals surface area contributed by atoms with Gasteiger partial charge in [0.05, 0.1) is 25.9 Å². The fourth-order valence-electron chi connectivity index (χ4n) is 5.55. The molecule has 2 heterocycles. The van der Waals surface area contributed by atoms with Crippen LogP contribution < -0.4 is 21.6 Å². The first-order chi connectivity index (χ1) is 19.1. The lowest BCUT2D eigenvalue weighted by Crippen LogP contribution is -2.67. The normalized spacial score (nSPS) is 19.7. The third kappa shape index (κ3) is 5.92. The molecular formula is C30H40N2O7Si. The maximum Gasteiger partial charge on any atom is 0.335 e. The molecule has 1 fully saturated rings. The van der Waals surface area contributed by atoms with E-state index >= 15 is 0 Å². The summed E-state index contributed by atoms with van der Waals surface area (Å²) in [6.07, 6.45) is 0.301. The van der Waals surface area contributed by atoms with Gasteiger partial charge < -0.3 is 23.7 Å². The van der Waals surface area contributed by atoms with Crippen LogP contribution in [-0.4, -0.2) is 61.7 Å². The smallest absolute Gasteiger partial charge is 0.335 e. The van der Waals surface area contributed by atoms with Crippen molar-refractivity contribution >= 4 is 18.7 Å². The Morgan fingerprint density at radius 3 is 2.12 bits per heavy atom. The molecule has 4 rings (SSSR count). The molecule has 216 valence electrons. The number of hydrogen-bond donors (Lipinski definition) is 1. The van der Waals surface area contributed by atoms with Crippen LogP contribution in [0.4, 0.5) is 0 Å².